The van der Waals surface area contributed by atoms with E-state index in [1.54, 1.807) is 12.1 Å². The third-order valence-corrected chi connectivity index (χ3v) is 4.59. The Hall–Kier alpha value is -1.46. The fourth-order valence-corrected chi connectivity index (χ4v) is 3.00. The van der Waals surface area contributed by atoms with E-state index >= 15 is 0 Å². The van der Waals surface area contributed by atoms with Crippen molar-refractivity contribution in [1.82, 2.24) is 5.32 Å². The number of hydrogen-bond donors (Lipinski definition) is 2. The number of hydrogen-bond acceptors (Lipinski definition) is 4. The number of β-amino-alcohol motifs (C(OH)–C–C–N with tert-alkyl or cyclic N) is 1. The Bertz CT molecular complexity index is 495. The van der Waals surface area contributed by atoms with Crippen molar-refractivity contribution in [3.8, 4) is 0 Å². The maximum Gasteiger partial charge on any atom is 0.326 e. The summed E-state index contributed by atoms with van der Waals surface area (Å²) in [5.41, 5.74) is -0.0967. The van der Waals surface area contributed by atoms with Crippen LogP contribution in [0.25, 0.3) is 0 Å². The van der Waals surface area contributed by atoms with Gasteiger partial charge in [-0.25, -0.2) is 4.39 Å². The molecule has 2 N–H and O–H groups in total. The predicted molar refractivity (Wildman–Crippen MR) is 81.7 cm³/mol. The van der Waals surface area contributed by atoms with E-state index in [4.69, 9.17) is 4.74 Å². The minimum atomic E-state index is -0.790. The molecule has 0 saturated heterocycles. The lowest BCUT2D eigenvalue weighted by molar-refractivity contribution is -0.150. The summed E-state index contributed by atoms with van der Waals surface area (Å²) in [6.07, 6.45) is 2.53. The van der Waals surface area contributed by atoms with Crippen molar-refractivity contribution in [2.75, 3.05) is 13.7 Å². The Morgan fingerprint density at radius 2 is 2.00 bits per heavy atom. The van der Waals surface area contributed by atoms with Crippen molar-refractivity contribution in [3.63, 3.8) is 0 Å². The largest absolute Gasteiger partial charge is 0.468 e. The molecule has 22 heavy (non-hydrogen) atoms. The third-order valence-electron chi connectivity index (χ3n) is 4.59. The molecule has 122 valence electrons. The fraction of sp³-hybridized carbons (Fsp3) is 0.588. The average molecular weight is 309 g/mol. The van der Waals surface area contributed by atoms with Crippen LogP contribution in [0.2, 0.25) is 0 Å². The molecule has 1 saturated carbocycles. The molecule has 4 nitrogen and oxygen atoms in total. The molecule has 0 bridgehead atoms. The van der Waals surface area contributed by atoms with E-state index in [-0.39, 0.29) is 18.3 Å². The fourth-order valence-electron chi connectivity index (χ4n) is 3.00. The van der Waals surface area contributed by atoms with Crippen LogP contribution in [0.15, 0.2) is 24.3 Å². The summed E-state index contributed by atoms with van der Waals surface area (Å²) in [5, 5.41) is 13.4. The number of aliphatic hydroxyl groups excluding tert-OH is 1. The number of rotatable bonds is 5. The zero-order valence-electron chi connectivity index (χ0n) is 13.1. The van der Waals surface area contributed by atoms with E-state index in [0.717, 1.165) is 12.8 Å². The summed E-state index contributed by atoms with van der Waals surface area (Å²) >= 11 is 0. The summed E-state index contributed by atoms with van der Waals surface area (Å²) in [6.45, 7) is 2.41. The van der Waals surface area contributed by atoms with Gasteiger partial charge >= 0.3 is 5.97 Å². The van der Waals surface area contributed by atoms with Gasteiger partial charge in [-0.1, -0.05) is 19.1 Å². The van der Waals surface area contributed by atoms with E-state index < -0.39 is 11.6 Å². The van der Waals surface area contributed by atoms with E-state index in [0.29, 0.717) is 24.3 Å². The molecule has 1 atom stereocenters. The normalized spacial score (nSPS) is 26.5. The van der Waals surface area contributed by atoms with Crippen molar-refractivity contribution < 1.29 is 19.0 Å². The molecule has 1 aromatic carbocycles. The van der Waals surface area contributed by atoms with Crippen LogP contribution >= 0.6 is 0 Å². The van der Waals surface area contributed by atoms with Crippen LogP contribution in [0.5, 0.6) is 0 Å². The van der Waals surface area contributed by atoms with Crippen LogP contribution in [-0.4, -0.2) is 30.3 Å². The molecule has 2 rings (SSSR count). The van der Waals surface area contributed by atoms with Crippen molar-refractivity contribution in [2.24, 2.45) is 5.92 Å². The number of benzene rings is 1. The van der Waals surface area contributed by atoms with Gasteiger partial charge < -0.3 is 9.84 Å². The molecule has 0 spiro atoms. The smallest absolute Gasteiger partial charge is 0.326 e. The number of carbonyl (C=O) groups is 1. The maximum absolute atomic E-state index is 12.9. The molecule has 0 heterocycles. The van der Waals surface area contributed by atoms with Crippen LogP contribution in [0, 0.1) is 11.7 Å². The number of ether oxygens (including phenoxy) is 1. The highest BCUT2D eigenvalue weighted by atomic mass is 19.1. The standard InChI is InChI=1S/C17H24FNO3/c1-12-7-9-17(10-8-12,16(21)22-2)19-11-15(20)13-3-5-14(18)6-4-13/h3-6,12,15,19-20H,7-11H2,1-2H3. The Kier molecular flexibility index (Phi) is 5.53. The predicted octanol–water partition coefficient (Wildman–Crippen LogP) is 2.57. The van der Waals surface area contributed by atoms with Gasteiger partial charge in [0.25, 0.3) is 0 Å². The van der Waals surface area contributed by atoms with Crippen LogP contribution < -0.4 is 5.32 Å². The lowest BCUT2D eigenvalue weighted by Crippen LogP contribution is -2.55. The van der Waals surface area contributed by atoms with E-state index in [1.165, 1.54) is 19.2 Å². The van der Waals surface area contributed by atoms with Gasteiger partial charge in [0.1, 0.15) is 11.4 Å². The molecular weight excluding hydrogens is 285 g/mol. The van der Waals surface area contributed by atoms with Gasteiger partial charge in [-0.05, 0) is 49.3 Å². The molecule has 0 aromatic heterocycles. The molecule has 1 aromatic rings. The van der Waals surface area contributed by atoms with Crippen LogP contribution in [0.1, 0.15) is 44.3 Å². The summed E-state index contributed by atoms with van der Waals surface area (Å²) < 4.78 is 17.9. The highest BCUT2D eigenvalue weighted by Crippen LogP contribution is 2.33. The molecule has 1 unspecified atom stereocenters. The number of aliphatic hydroxyl groups is 1. The van der Waals surface area contributed by atoms with Gasteiger partial charge in [-0.3, -0.25) is 10.1 Å². The number of esters is 1. The van der Waals surface area contributed by atoms with Crippen molar-refractivity contribution in [1.29, 1.82) is 0 Å². The minimum absolute atomic E-state index is 0.231. The van der Waals surface area contributed by atoms with E-state index in [9.17, 15) is 14.3 Å². The summed E-state index contributed by atoms with van der Waals surface area (Å²) in [4.78, 5) is 12.2. The first-order chi connectivity index (χ1) is 10.5. The molecule has 0 radical (unpaired) electrons. The second kappa shape index (κ2) is 7.20. The second-order valence-corrected chi connectivity index (χ2v) is 6.20. The maximum atomic E-state index is 12.9. The van der Waals surface area contributed by atoms with Crippen LogP contribution in [0.4, 0.5) is 4.39 Å². The van der Waals surface area contributed by atoms with Gasteiger partial charge in [0.2, 0.25) is 0 Å². The van der Waals surface area contributed by atoms with E-state index in [2.05, 4.69) is 12.2 Å². The number of carbonyl (C=O) groups excluding carboxylic acids is 1. The molecular formula is C17H24FNO3. The number of halogens is 1. The number of nitrogens with one attached hydrogen (secondary N) is 1. The average Bonchev–Trinajstić information content (AvgIpc) is 2.54. The van der Waals surface area contributed by atoms with Crippen molar-refractivity contribution in [2.45, 2.75) is 44.2 Å². The zero-order chi connectivity index (χ0) is 16.2. The van der Waals surface area contributed by atoms with Crippen molar-refractivity contribution >= 4 is 5.97 Å². The Morgan fingerprint density at radius 1 is 1.41 bits per heavy atom. The monoisotopic (exact) mass is 309 g/mol. The van der Waals surface area contributed by atoms with Gasteiger partial charge in [-0.2, -0.15) is 0 Å². The molecule has 0 aliphatic heterocycles. The summed E-state index contributed by atoms with van der Waals surface area (Å²) in [6, 6.07) is 5.73. The van der Waals surface area contributed by atoms with Gasteiger partial charge in [0, 0.05) is 6.54 Å². The lowest BCUT2D eigenvalue weighted by atomic mass is 9.77. The first-order valence-electron chi connectivity index (χ1n) is 7.74. The Balaban J connectivity index is 2.02. The van der Waals surface area contributed by atoms with Gasteiger partial charge in [0.15, 0.2) is 0 Å². The van der Waals surface area contributed by atoms with E-state index in [1.807, 2.05) is 0 Å². The van der Waals surface area contributed by atoms with Crippen LogP contribution in [-0.2, 0) is 9.53 Å². The number of methoxy groups -OCH3 is 1. The first kappa shape index (κ1) is 16.9. The highest BCUT2D eigenvalue weighted by Gasteiger charge is 2.42. The molecule has 5 heteroatoms. The van der Waals surface area contributed by atoms with Crippen LogP contribution in [0.3, 0.4) is 0 Å². The summed E-state index contributed by atoms with van der Waals surface area (Å²) in [7, 11) is 1.39. The first-order valence-corrected chi connectivity index (χ1v) is 7.74. The van der Waals surface area contributed by atoms with Crippen molar-refractivity contribution in [3.05, 3.63) is 35.6 Å². The Labute approximate surface area is 130 Å². The molecule has 1 fully saturated rings. The van der Waals surface area contributed by atoms with Gasteiger partial charge in [-0.15, -0.1) is 0 Å². The zero-order valence-corrected chi connectivity index (χ0v) is 13.1. The highest BCUT2D eigenvalue weighted by molar-refractivity contribution is 5.80. The third kappa shape index (κ3) is 3.84. The lowest BCUT2D eigenvalue weighted by Gasteiger charge is -2.38. The molecule has 1 aliphatic carbocycles. The minimum Gasteiger partial charge on any atom is -0.468 e. The topological polar surface area (TPSA) is 58.6 Å². The quantitative estimate of drug-likeness (QED) is 0.821. The molecule has 1 aliphatic rings. The Morgan fingerprint density at radius 3 is 2.55 bits per heavy atom. The second-order valence-electron chi connectivity index (χ2n) is 6.20. The molecule has 0 amide bonds. The SMILES string of the molecule is COC(=O)C1(NCC(O)c2ccc(F)cc2)CCC(C)CC1. The van der Waals surface area contributed by atoms with Gasteiger partial charge in [0.05, 0.1) is 13.2 Å². The summed E-state index contributed by atoms with van der Waals surface area (Å²) in [5.74, 6) is -0.0106.